The number of ether oxygens (including phenoxy) is 2. The topological polar surface area (TPSA) is 47.9 Å². The van der Waals surface area contributed by atoms with Gasteiger partial charge < -0.3 is 9.47 Å². The predicted molar refractivity (Wildman–Crippen MR) is 39.5 cm³/mol. The van der Waals surface area contributed by atoms with Crippen LogP contribution in [0.4, 0.5) is 0 Å². The van der Waals surface area contributed by atoms with Crippen molar-refractivity contribution in [3.8, 4) is 0 Å². The van der Waals surface area contributed by atoms with Crippen molar-refractivity contribution < 1.29 is 14.3 Å². The first-order valence-electron chi connectivity index (χ1n) is 3.35. The minimum absolute atomic E-state index is 0.358. The van der Waals surface area contributed by atoms with E-state index in [0.717, 1.165) is 0 Å². The molecular formula is C7H11NO3. The maximum absolute atomic E-state index is 11.0. The van der Waals surface area contributed by atoms with Crippen molar-refractivity contribution in [3.63, 3.8) is 0 Å². The molecule has 1 atom stereocenters. The summed E-state index contributed by atoms with van der Waals surface area (Å²) in [7, 11) is 1.34. The molecular weight excluding hydrogens is 146 g/mol. The van der Waals surface area contributed by atoms with E-state index in [4.69, 9.17) is 4.74 Å². The molecule has 0 aromatic heterocycles. The van der Waals surface area contributed by atoms with E-state index in [-0.39, 0.29) is 5.97 Å². The minimum atomic E-state index is -0.562. The number of aliphatic imine (C=N–C) groups is 1. The first kappa shape index (κ1) is 8.04. The van der Waals surface area contributed by atoms with Gasteiger partial charge in [-0.1, -0.05) is 0 Å². The molecule has 0 bridgehead atoms. The Hall–Kier alpha value is -1.06. The van der Waals surface area contributed by atoms with Crippen LogP contribution in [-0.4, -0.2) is 31.1 Å². The molecule has 0 aliphatic carbocycles. The normalized spacial score (nSPS) is 26.3. The zero-order valence-corrected chi connectivity index (χ0v) is 6.83. The fourth-order valence-corrected chi connectivity index (χ4v) is 0.927. The van der Waals surface area contributed by atoms with Crippen LogP contribution < -0.4 is 0 Å². The SMILES string of the molecule is COC(=O)[C@H]1N=COC1(C)C. The fourth-order valence-electron chi connectivity index (χ4n) is 0.927. The zero-order chi connectivity index (χ0) is 8.48. The number of rotatable bonds is 1. The molecule has 0 fully saturated rings. The second-order valence-electron chi connectivity index (χ2n) is 2.90. The summed E-state index contributed by atoms with van der Waals surface area (Å²) in [4.78, 5) is 14.9. The lowest BCUT2D eigenvalue weighted by Crippen LogP contribution is -2.39. The van der Waals surface area contributed by atoms with Crippen molar-refractivity contribution in [1.82, 2.24) is 0 Å². The second kappa shape index (κ2) is 2.53. The Kier molecular flexibility index (Phi) is 1.85. The van der Waals surface area contributed by atoms with E-state index in [1.165, 1.54) is 13.5 Å². The average Bonchev–Trinajstić information content (AvgIpc) is 2.28. The van der Waals surface area contributed by atoms with Crippen molar-refractivity contribution in [3.05, 3.63) is 0 Å². The molecule has 1 rings (SSSR count). The highest BCUT2D eigenvalue weighted by Crippen LogP contribution is 2.22. The summed E-state index contributed by atoms with van der Waals surface area (Å²) in [6.07, 6.45) is 1.29. The van der Waals surface area contributed by atoms with Gasteiger partial charge in [-0.05, 0) is 13.8 Å². The standard InChI is InChI=1S/C7H11NO3/c1-7(2)5(6(9)10-3)8-4-11-7/h4-5H,1-3H3/t5-/m1/s1. The van der Waals surface area contributed by atoms with E-state index in [2.05, 4.69) is 9.73 Å². The van der Waals surface area contributed by atoms with Gasteiger partial charge in [0.1, 0.15) is 5.60 Å². The van der Waals surface area contributed by atoms with E-state index in [1.807, 2.05) is 0 Å². The third-order valence-electron chi connectivity index (χ3n) is 1.65. The highest BCUT2D eigenvalue weighted by molar-refractivity contribution is 5.80. The van der Waals surface area contributed by atoms with Crippen LogP contribution in [0.5, 0.6) is 0 Å². The Labute approximate surface area is 65.2 Å². The summed E-state index contributed by atoms with van der Waals surface area (Å²) in [6, 6.07) is -0.521. The van der Waals surface area contributed by atoms with Crippen LogP contribution in [0.1, 0.15) is 13.8 Å². The van der Waals surface area contributed by atoms with Gasteiger partial charge in [0.05, 0.1) is 7.11 Å². The molecule has 0 spiro atoms. The maximum Gasteiger partial charge on any atom is 0.334 e. The molecule has 0 aromatic rings. The molecule has 1 aliphatic rings. The summed E-state index contributed by atoms with van der Waals surface area (Å²) >= 11 is 0. The Morgan fingerprint density at radius 2 is 2.36 bits per heavy atom. The Balaban J connectivity index is 2.72. The van der Waals surface area contributed by atoms with Gasteiger partial charge in [-0.15, -0.1) is 0 Å². The van der Waals surface area contributed by atoms with Gasteiger partial charge in [0.15, 0.2) is 12.4 Å². The lowest BCUT2D eigenvalue weighted by Gasteiger charge is -2.21. The van der Waals surface area contributed by atoms with Crippen LogP contribution in [0.25, 0.3) is 0 Å². The summed E-state index contributed by atoms with van der Waals surface area (Å²) in [5.74, 6) is -0.358. The molecule has 62 valence electrons. The van der Waals surface area contributed by atoms with Gasteiger partial charge in [-0.3, -0.25) is 0 Å². The molecule has 4 nitrogen and oxygen atoms in total. The average molecular weight is 157 g/mol. The van der Waals surface area contributed by atoms with E-state index in [1.54, 1.807) is 13.8 Å². The zero-order valence-electron chi connectivity index (χ0n) is 6.83. The van der Waals surface area contributed by atoms with Crippen molar-refractivity contribution in [2.24, 2.45) is 4.99 Å². The lowest BCUT2D eigenvalue weighted by atomic mass is 10.0. The molecule has 1 aliphatic heterocycles. The van der Waals surface area contributed by atoms with E-state index >= 15 is 0 Å². The fraction of sp³-hybridized carbons (Fsp3) is 0.714. The smallest absolute Gasteiger partial charge is 0.334 e. The van der Waals surface area contributed by atoms with Gasteiger partial charge in [-0.2, -0.15) is 0 Å². The highest BCUT2D eigenvalue weighted by atomic mass is 16.5. The molecule has 0 aromatic carbocycles. The van der Waals surface area contributed by atoms with E-state index < -0.39 is 11.6 Å². The van der Waals surface area contributed by atoms with Gasteiger partial charge in [-0.25, -0.2) is 9.79 Å². The molecule has 0 unspecified atom stereocenters. The molecule has 4 heteroatoms. The van der Waals surface area contributed by atoms with Crippen molar-refractivity contribution in [2.45, 2.75) is 25.5 Å². The Morgan fingerprint density at radius 3 is 2.73 bits per heavy atom. The van der Waals surface area contributed by atoms with Crippen LogP contribution >= 0.6 is 0 Å². The summed E-state index contributed by atoms with van der Waals surface area (Å²) in [5, 5.41) is 0. The van der Waals surface area contributed by atoms with E-state index in [9.17, 15) is 4.79 Å². The quantitative estimate of drug-likeness (QED) is 0.516. The Morgan fingerprint density at radius 1 is 1.73 bits per heavy atom. The Bertz CT molecular complexity index is 198. The van der Waals surface area contributed by atoms with Gasteiger partial charge in [0.2, 0.25) is 0 Å². The van der Waals surface area contributed by atoms with Crippen LogP contribution in [-0.2, 0) is 14.3 Å². The number of carbonyl (C=O) groups excluding carboxylic acids is 1. The molecule has 0 N–H and O–H groups in total. The first-order chi connectivity index (χ1) is 5.08. The second-order valence-corrected chi connectivity index (χ2v) is 2.90. The number of carbonyl (C=O) groups is 1. The molecule has 0 amide bonds. The highest BCUT2D eigenvalue weighted by Gasteiger charge is 2.40. The summed E-state index contributed by atoms with van der Waals surface area (Å²) < 4.78 is 9.62. The van der Waals surface area contributed by atoms with E-state index in [0.29, 0.717) is 0 Å². The largest absolute Gasteiger partial charge is 0.475 e. The maximum atomic E-state index is 11.0. The molecule has 1 heterocycles. The first-order valence-corrected chi connectivity index (χ1v) is 3.35. The third kappa shape index (κ3) is 1.34. The van der Waals surface area contributed by atoms with Crippen LogP contribution in [0, 0.1) is 0 Å². The molecule has 11 heavy (non-hydrogen) atoms. The lowest BCUT2D eigenvalue weighted by molar-refractivity contribution is -0.145. The number of hydrogen-bond acceptors (Lipinski definition) is 4. The number of methoxy groups -OCH3 is 1. The molecule has 0 saturated heterocycles. The van der Waals surface area contributed by atoms with Gasteiger partial charge >= 0.3 is 5.97 Å². The molecule has 0 saturated carbocycles. The van der Waals surface area contributed by atoms with Gasteiger partial charge in [0, 0.05) is 0 Å². The summed E-state index contributed by atoms with van der Waals surface area (Å²) in [5.41, 5.74) is -0.562. The number of nitrogens with zero attached hydrogens (tertiary/aromatic N) is 1. The number of esters is 1. The van der Waals surface area contributed by atoms with Gasteiger partial charge in [0.25, 0.3) is 0 Å². The van der Waals surface area contributed by atoms with Crippen LogP contribution in [0.3, 0.4) is 0 Å². The monoisotopic (exact) mass is 157 g/mol. The third-order valence-corrected chi connectivity index (χ3v) is 1.65. The number of hydrogen-bond donors (Lipinski definition) is 0. The van der Waals surface area contributed by atoms with Crippen LogP contribution in [0.2, 0.25) is 0 Å². The summed E-state index contributed by atoms with van der Waals surface area (Å²) in [6.45, 7) is 3.59. The van der Waals surface area contributed by atoms with Crippen molar-refractivity contribution in [1.29, 1.82) is 0 Å². The van der Waals surface area contributed by atoms with Crippen molar-refractivity contribution >= 4 is 12.4 Å². The van der Waals surface area contributed by atoms with Crippen molar-refractivity contribution in [2.75, 3.05) is 7.11 Å². The minimum Gasteiger partial charge on any atom is -0.475 e. The van der Waals surface area contributed by atoms with Crippen LogP contribution in [0.15, 0.2) is 4.99 Å². The molecule has 0 radical (unpaired) electrons. The predicted octanol–water partition coefficient (Wildman–Crippen LogP) is 0.365.